The number of carbonyl (C=O) groups is 1. The lowest BCUT2D eigenvalue weighted by atomic mass is 9.94. The summed E-state index contributed by atoms with van der Waals surface area (Å²) in [6.07, 6.45) is 5.11. The van der Waals surface area contributed by atoms with Gasteiger partial charge in [0.25, 0.3) is 0 Å². The molecule has 2 aromatic heterocycles. The van der Waals surface area contributed by atoms with E-state index in [0.717, 1.165) is 38.3 Å². The predicted molar refractivity (Wildman–Crippen MR) is 97.6 cm³/mol. The molecule has 0 unspecified atom stereocenters. The first-order chi connectivity index (χ1) is 12.7. The Kier molecular flexibility index (Phi) is 5.22. The third-order valence-corrected chi connectivity index (χ3v) is 5.51. The number of carbonyl (C=O) groups excluding carboxylic acids is 1. The van der Waals surface area contributed by atoms with Crippen LogP contribution in [0, 0.1) is 5.92 Å². The lowest BCUT2D eigenvalue weighted by molar-refractivity contribution is -0.135. The first kappa shape index (κ1) is 17.5. The van der Waals surface area contributed by atoms with Gasteiger partial charge in [-0.25, -0.2) is 0 Å². The van der Waals surface area contributed by atoms with Crippen LogP contribution < -0.4 is 0 Å². The van der Waals surface area contributed by atoms with Gasteiger partial charge in [0.05, 0.1) is 5.69 Å². The molecule has 7 heteroatoms. The molecule has 0 radical (unpaired) electrons. The molecule has 3 aliphatic rings. The van der Waals surface area contributed by atoms with E-state index in [1.165, 1.54) is 6.42 Å². The highest BCUT2D eigenvalue weighted by molar-refractivity contribution is 6.29. The molecule has 5 heterocycles. The Hall–Kier alpha value is -1.92. The van der Waals surface area contributed by atoms with E-state index in [9.17, 15) is 4.79 Å². The second-order valence-corrected chi connectivity index (χ2v) is 7.66. The van der Waals surface area contributed by atoms with Gasteiger partial charge in [-0.15, -0.1) is 0 Å². The zero-order valence-electron chi connectivity index (χ0n) is 14.7. The molecule has 2 bridgehead atoms. The number of aryl methyl sites for hydroxylation is 1. The van der Waals surface area contributed by atoms with E-state index in [1.807, 2.05) is 18.3 Å². The summed E-state index contributed by atoms with van der Waals surface area (Å²) < 4.78 is 5.10. The number of halogens is 1. The average Bonchev–Trinajstić information content (AvgIpc) is 2.87. The molecule has 138 valence electrons. The fourth-order valence-corrected chi connectivity index (χ4v) is 4.27. The molecule has 3 saturated heterocycles. The number of amides is 1. The zero-order valence-corrected chi connectivity index (χ0v) is 15.4. The standard InChI is InChI=1S/C19H23ClN4O2/c20-18-9-17(26-22-18)6-7-19(25)24-11-14-4-5-16(24)13-23(10-14)12-15-3-1-2-8-21-15/h1-3,8-9,14,16H,4-7,10-13H2/t14-,16+/m0/s1. The molecule has 6 nitrogen and oxygen atoms in total. The van der Waals surface area contributed by atoms with Crippen molar-refractivity contribution in [2.75, 3.05) is 19.6 Å². The second-order valence-electron chi connectivity index (χ2n) is 7.27. The maximum absolute atomic E-state index is 12.8. The lowest BCUT2D eigenvalue weighted by Gasteiger charge is -2.36. The summed E-state index contributed by atoms with van der Waals surface area (Å²) in [6.45, 7) is 3.67. The first-order valence-corrected chi connectivity index (χ1v) is 9.58. The predicted octanol–water partition coefficient (Wildman–Crippen LogP) is 2.78. The molecule has 0 saturated carbocycles. The van der Waals surface area contributed by atoms with Gasteiger partial charge in [-0.1, -0.05) is 22.8 Å². The van der Waals surface area contributed by atoms with Crippen molar-refractivity contribution >= 4 is 17.5 Å². The largest absolute Gasteiger partial charge is 0.360 e. The van der Waals surface area contributed by atoms with Crippen LogP contribution in [-0.2, 0) is 17.8 Å². The molecule has 5 rings (SSSR count). The molecule has 2 atom stereocenters. The van der Waals surface area contributed by atoms with Crippen molar-refractivity contribution in [2.24, 2.45) is 5.92 Å². The van der Waals surface area contributed by atoms with Crippen LogP contribution in [0.15, 0.2) is 35.0 Å². The quantitative estimate of drug-likeness (QED) is 0.805. The highest BCUT2D eigenvalue weighted by Gasteiger charge is 2.36. The lowest BCUT2D eigenvalue weighted by Crippen LogP contribution is -2.47. The van der Waals surface area contributed by atoms with Gasteiger partial charge in [-0.3, -0.25) is 14.7 Å². The number of nitrogens with zero attached hydrogens (tertiary/aromatic N) is 4. The van der Waals surface area contributed by atoms with Crippen molar-refractivity contribution < 1.29 is 9.32 Å². The van der Waals surface area contributed by atoms with Crippen LogP contribution in [0.5, 0.6) is 0 Å². The number of hydrogen-bond donors (Lipinski definition) is 0. The fraction of sp³-hybridized carbons (Fsp3) is 0.526. The Morgan fingerprint density at radius 1 is 1.27 bits per heavy atom. The SMILES string of the molecule is O=C(CCc1cc(Cl)no1)N1C[C@H]2CC[C@@H]1CN(Cc1ccccn1)C2. The van der Waals surface area contributed by atoms with Crippen LogP contribution in [0.2, 0.25) is 5.15 Å². The van der Waals surface area contributed by atoms with Gasteiger partial charge in [0.2, 0.25) is 5.91 Å². The van der Waals surface area contributed by atoms with E-state index in [2.05, 4.69) is 26.0 Å². The maximum atomic E-state index is 12.8. The maximum Gasteiger partial charge on any atom is 0.223 e. The van der Waals surface area contributed by atoms with Crippen molar-refractivity contribution in [3.05, 3.63) is 47.1 Å². The number of rotatable bonds is 5. The highest BCUT2D eigenvalue weighted by atomic mass is 35.5. The topological polar surface area (TPSA) is 62.5 Å². The molecule has 1 amide bonds. The fourth-order valence-electron chi connectivity index (χ4n) is 4.11. The minimum Gasteiger partial charge on any atom is -0.360 e. The number of fused-ring (bicyclic) bond motifs is 4. The van der Waals surface area contributed by atoms with E-state index in [4.69, 9.17) is 16.1 Å². The number of pyridine rings is 1. The van der Waals surface area contributed by atoms with E-state index in [0.29, 0.717) is 35.7 Å². The third-order valence-electron chi connectivity index (χ3n) is 5.34. The Labute approximate surface area is 158 Å². The molecule has 0 aliphatic carbocycles. The van der Waals surface area contributed by atoms with Crippen molar-refractivity contribution in [3.63, 3.8) is 0 Å². The van der Waals surface area contributed by atoms with E-state index in [-0.39, 0.29) is 5.91 Å². The van der Waals surface area contributed by atoms with Crippen molar-refractivity contribution in [3.8, 4) is 0 Å². The minimum atomic E-state index is 0.201. The number of aromatic nitrogens is 2. The third kappa shape index (κ3) is 4.07. The summed E-state index contributed by atoms with van der Waals surface area (Å²) in [7, 11) is 0. The normalized spacial score (nSPS) is 23.2. The van der Waals surface area contributed by atoms with Crippen LogP contribution in [-0.4, -0.2) is 51.5 Å². The van der Waals surface area contributed by atoms with Gasteiger partial charge >= 0.3 is 0 Å². The van der Waals surface area contributed by atoms with Gasteiger partial charge in [-0.2, -0.15) is 0 Å². The summed E-state index contributed by atoms with van der Waals surface area (Å²) >= 11 is 5.77. The summed E-state index contributed by atoms with van der Waals surface area (Å²) in [5.41, 5.74) is 1.09. The molecule has 2 aromatic rings. The van der Waals surface area contributed by atoms with Gasteiger partial charge in [0.15, 0.2) is 5.15 Å². The van der Waals surface area contributed by atoms with Gasteiger partial charge in [0, 0.05) is 57.3 Å². The Balaban J connectivity index is 1.37. The summed E-state index contributed by atoms with van der Waals surface area (Å²) in [6, 6.07) is 8.01. The van der Waals surface area contributed by atoms with Gasteiger partial charge in [0.1, 0.15) is 5.76 Å². The summed E-state index contributed by atoms with van der Waals surface area (Å²) in [5, 5.41) is 4.00. The van der Waals surface area contributed by atoms with Crippen LogP contribution in [0.25, 0.3) is 0 Å². The highest BCUT2D eigenvalue weighted by Crippen LogP contribution is 2.29. The summed E-state index contributed by atoms with van der Waals surface area (Å²) in [5.74, 6) is 1.41. The molecule has 0 aromatic carbocycles. The molecular formula is C19H23ClN4O2. The van der Waals surface area contributed by atoms with Crippen molar-refractivity contribution in [2.45, 2.75) is 38.3 Å². The Morgan fingerprint density at radius 3 is 2.96 bits per heavy atom. The Morgan fingerprint density at radius 2 is 2.19 bits per heavy atom. The van der Waals surface area contributed by atoms with Crippen molar-refractivity contribution in [1.82, 2.24) is 19.9 Å². The second kappa shape index (κ2) is 7.76. The van der Waals surface area contributed by atoms with Gasteiger partial charge < -0.3 is 9.42 Å². The molecule has 3 aliphatic heterocycles. The van der Waals surface area contributed by atoms with Crippen LogP contribution in [0.1, 0.15) is 30.7 Å². The smallest absolute Gasteiger partial charge is 0.223 e. The van der Waals surface area contributed by atoms with Crippen LogP contribution in [0.3, 0.4) is 0 Å². The minimum absolute atomic E-state index is 0.201. The van der Waals surface area contributed by atoms with Crippen LogP contribution >= 0.6 is 11.6 Å². The summed E-state index contributed by atoms with van der Waals surface area (Å²) in [4.78, 5) is 21.8. The molecule has 3 fully saturated rings. The van der Waals surface area contributed by atoms with Gasteiger partial charge in [-0.05, 0) is 30.9 Å². The molecule has 0 spiro atoms. The monoisotopic (exact) mass is 374 g/mol. The van der Waals surface area contributed by atoms with E-state index < -0.39 is 0 Å². The molecule has 0 N–H and O–H groups in total. The number of piperidine rings is 1. The first-order valence-electron chi connectivity index (χ1n) is 9.20. The molecule has 26 heavy (non-hydrogen) atoms. The Bertz CT molecular complexity index is 751. The zero-order chi connectivity index (χ0) is 17.9. The molecular weight excluding hydrogens is 352 g/mol. The number of hydrogen-bond acceptors (Lipinski definition) is 5. The van der Waals surface area contributed by atoms with E-state index >= 15 is 0 Å². The average molecular weight is 375 g/mol. The van der Waals surface area contributed by atoms with Crippen LogP contribution in [0.4, 0.5) is 0 Å². The van der Waals surface area contributed by atoms with Crippen molar-refractivity contribution in [1.29, 1.82) is 0 Å². The van der Waals surface area contributed by atoms with E-state index in [1.54, 1.807) is 6.07 Å².